The summed E-state index contributed by atoms with van der Waals surface area (Å²) in [5.74, 6) is 1.79. The summed E-state index contributed by atoms with van der Waals surface area (Å²) >= 11 is 5.28. The maximum absolute atomic E-state index is 13.6. The second-order valence-corrected chi connectivity index (χ2v) is 11.3. The predicted octanol–water partition coefficient (Wildman–Crippen LogP) is 6.48. The van der Waals surface area contributed by atoms with Crippen LogP contribution in [0.15, 0.2) is 89.4 Å². The molecule has 0 aliphatic heterocycles. The van der Waals surface area contributed by atoms with E-state index in [1.807, 2.05) is 72.8 Å². The molecule has 2 amide bonds. The summed E-state index contributed by atoms with van der Waals surface area (Å²) in [7, 11) is 0. The molecule has 0 saturated heterocycles. The Morgan fingerprint density at radius 3 is 2.17 bits per heavy atom. The normalized spacial score (nSPS) is 11.8. The van der Waals surface area contributed by atoms with Gasteiger partial charge in [-0.25, -0.2) is 0 Å². The Balaban J connectivity index is 1.79. The van der Waals surface area contributed by atoms with Crippen LogP contribution in [0.25, 0.3) is 0 Å². The van der Waals surface area contributed by atoms with Gasteiger partial charge in [-0.3, -0.25) is 9.59 Å². The largest absolute Gasteiger partial charge is 0.354 e. The van der Waals surface area contributed by atoms with Crippen LogP contribution in [0, 0.1) is 5.92 Å². The molecular formula is C30H35BrN2O2S. The van der Waals surface area contributed by atoms with E-state index in [0.717, 1.165) is 21.4 Å². The molecule has 0 fully saturated rings. The fourth-order valence-electron chi connectivity index (χ4n) is 3.88. The first kappa shape index (κ1) is 28.0. The minimum Gasteiger partial charge on any atom is -0.354 e. The highest BCUT2D eigenvalue weighted by Gasteiger charge is 2.30. The molecule has 3 aromatic rings. The minimum atomic E-state index is -0.586. The summed E-state index contributed by atoms with van der Waals surface area (Å²) in [5.41, 5.74) is 3.27. The molecule has 0 radical (unpaired) electrons. The third-order valence-electron chi connectivity index (χ3n) is 5.77. The number of hydrogen-bond acceptors (Lipinski definition) is 3. The highest BCUT2D eigenvalue weighted by Crippen LogP contribution is 2.20. The molecule has 1 atom stereocenters. The van der Waals surface area contributed by atoms with Gasteiger partial charge in [-0.05, 0) is 34.7 Å². The summed E-state index contributed by atoms with van der Waals surface area (Å²) in [5, 5.41) is 3.08. The fourth-order valence-corrected chi connectivity index (χ4v) is 5.21. The first-order valence-electron chi connectivity index (χ1n) is 12.4. The number of thioether (sulfide) groups is 1. The highest BCUT2D eigenvalue weighted by atomic mass is 79.9. The summed E-state index contributed by atoms with van der Waals surface area (Å²) in [6.07, 6.45) is 0.857. The van der Waals surface area contributed by atoms with E-state index in [1.54, 1.807) is 16.7 Å². The van der Waals surface area contributed by atoms with Gasteiger partial charge in [-0.1, -0.05) is 103 Å². The minimum absolute atomic E-state index is 0.00355. The van der Waals surface area contributed by atoms with Crippen molar-refractivity contribution < 1.29 is 9.59 Å². The zero-order valence-electron chi connectivity index (χ0n) is 21.0. The molecule has 190 valence electrons. The number of halogens is 1. The van der Waals surface area contributed by atoms with E-state index in [1.165, 1.54) is 5.56 Å². The van der Waals surface area contributed by atoms with E-state index in [0.29, 0.717) is 37.6 Å². The van der Waals surface area contributed by atoms with Gasteiger partial charge in [-0.15, -0.1) is 0 Å². The van der Waals surface area contributed by atoms with Crippen LogP contribution in [0.1, 0.15) is 37.0 Å². The zero-order chi connectivity index (χ0) is 25.8. The smallest absolute Gasteiger partial charge is 0.243 e. The van der Waals surface area contributed by atoms with Gasteiger partial charge in [-0.2, -0.15) is 11.8 Å². The Hall–Kier alpha value is -2.57. The zero-order valence-corrected chi connectivity index (χ0v) is 23.4. The Labute approximate surface area is 228 Å². The number of amides is 2. The lowest BCUT2D eigenvalue weighted by Gasteiger charge is -2.32. The van der Waals surface area contributed by atoms with Crippen LogP contribution in [0.4, 0.5) is 0 Å². The molecule has 1 N–H and O–H groups in total. The maximum atomic E-state index is 13.6. The summed E-state index contributed by atoms with van der Waals surface area (Å²) in [6, 6.07) is 27.6. The van der Waals surface area contributed by atoms with Crippen molar-refractivity contribution in [3.8, 4) is 0 Å². The van der Waals surface area contributed by atoms with Gasteiger partial charge < -0.3 is 10.2 Å². The van der Waals surface area contributed by atoms with Crippen molar-refractivity contribution in [1.29, 1.82) is 0 Å². The van der Waals surface area contributed by atoms with Crippen LogP contribution in [-0.2, 0) is 28.3 Å². The molecule has 0 aliphatic carbocycles. The fraction of sp³-hybridized carbons (Fsp3) is 0.333. The van der Waals surface area contributed by atoms with Crippen LogP contribution >= 0.6 is 27.7 Å². The van der Waals surface area contributed by atoms with E-state index < -0.39 is 6.04 Å². The Kier molecular flexibility index (Phi) is 11.6. The van der Waals surface area contributed by atoms with Crippen molar-refractivity contribution in [2.24, 2.45) is 5.92 Å². The van der Waals surface area contributed by atoms with Crippen molar-refractivity contribution in [3.63, 3.8) is 0 Å². The first-order chi connectivity index (χ1) is 17.4. The monoisotopic (exact) mass is 566 g/mol. The lowest BCUT2D eigenvalue weighted by Crippen LogP contribution is -2.51. The molecular weight excluding hydrogens is 532 g/mol. The molecule has 4 nitrogen and oxygen atoms in total. The Morgan fingerprint density at radius 1 is 0.889 bits per heavy atom. The molecule has 0 spiro atoms. The molecule has 3 aromatic carbocycles. The first-order valence-corrected chi connectivity index (χ1v) is 14.3. The lowest BCUT2D eigenvalue weighted by atomic mass is 10.0. The Morgan fingerprint density at radius 2 is 1.53 bits per heavy atom. The van der Waals surface area contributed by atoms with Gasteiger partial charge >= 0.3 is 0 Å². The average Bonchev–Trinajstić information content (AvgIpc) is 2.88. The highest BCUT2D eigenvalue weighted by molar-refractivity contribution is 9.10. The molecule has 3 rings (SSSR count). The second-order valence-electron chi connectivity index (χ2n) is 9.28. The van der Waals surface area contributed by atoms with Crippen LogP contribution in [0.2, 0.25) is 0 Å². The summed E-state index contributed by atoms with van der Waals surface area (Å²) < 4.78 is 0.953. The van der Waals surface area contributed by atoms with E-state index in [9.17, 15) is 9.59 Å². The second kappa shape index (κ2) is 14.9. The van der Waals surface area contributed by atoms with Crippen molar-refractivity contribution >= 4 is 39.5 Å². The quantitative estimate of drug-likeness (QED) is 0.241. The third-order valence-corrected chi connectivity index (χ3v) is 7.29. The number of carbonyl (C=O) groups excluding carboxylic acids is 2. The van der Waals surface area contributed by atoms with Crippen LogP contribution in [0.5, 0.6) is 0 Å². The van der Waals surface area contributed by atoms with Crippen LogP contribution in [-0.4, -0.2) is 35.1 Å². The third kappa shape index (κ3) is 9.47. The van der Waals surface area contributed by atoms with Gasteiger partial charge in [0.05, 0.1) is 0 Å². The van der Waals surface area contributed by atoms with Crippen LogP contribution < -0.4 is 5.32 Å². The van der Waals surface area contributed by atoms with Crippen molar-refractivity contribution in [2.45, 2.75) is 45.0 Å². The van der Waals surface area contributed by atoms with Crippen LogP contribution in [0.3, 0.4) is 0 Å². The van der Waals surface area contributed by atoms with Crippen molar-refractivity contribution in [3.05, 3.63) is 106 Å². The number of carbonyl (C=O) groups is 2. The van der Waals surface area contributed by atoms with E-state index >= 15 is 0 Å². The molecule has 0 heterocycles. The van der Waals surface area contributed by atoms with Gasteiger partial charge in [0.25, 0.3) is 0 Å². The number of nitrogens with one attached hydrogen (secondary N) is 1. The molecule has 0 bridgehead atoms. The standard InChI is InChI=1S/C30H35BrN2O2S/c1-23(2)20-32-30(35)28(19-24-10-5-3-6-11-24)33(21-26-14-9-15-27(31)18-26)29(34)16-17-36-22-25-12-7-4-8-13-25/h3-15,18,23,28H,16-17,19-22H2,1-2H3,(H,32,35). The molecule has 0 saturated carbocycles. The summed E-state index contributed by atoms with van der Waals surface area (Å²) in [4.78, 5) is 28.9. The lowest BCUT2D eigenvalue weighted by molar-refractivity contribution is -0.141. The number of benzene rings is 3. The molecule has 6 heteroatoms. The average molecular weight is 568 g/mol. The molecule has 1 unspecified atom stereocenters. The van der Waals surface area contributed by atoms with E-state index in [2.05, 4.69) is 47.2 Å². The van der Waals surface area contributed by atoms with E-state index in [4.69, 9.17) is 0 Å². The number of rotatable bonds is 13. The van der Waals surface area contributed by atoms with E-state index in [-0.39, 0.29) is 11.8 Å². The van der Waals surface area contributed by atoms with Gasteiger partial charge in [0.2, 0.25) is 11.8 Å². The molecule has 0 aliphatic rings. The SMILES string of the molecule is CC(C)CNC(=O)C(Cc1ccccc1)N(Cc1cccc(Br)c1)C(=O)CCSCc1ccccc1. The summed E-state index contributed by atoms with van der Waals surface area (Å²) in [6.45, 7) is 5.10. The topological polar surface area (TPSA) is 49.4 Å². The van der Waals surface area contributed by atoms with Crippen molar-refractivity contribution in [1.82, 2.24) is 10.2 Å². The predicted molar refractivity (Wildman–Crippen MR) is 154 cm³/mol. The van der Waals surface area contributed by atoms with Gasteiger partial charge in [0.15, 0.2) is 0 Å². The Bertz CT molecular complexity index is 1090. The molecule has 36 heavy (non-hydrogen) atoms. The maximum Gasteiger partial charge on any atom is 0.243 e. The molecule has 0 aromatic heterocycles. The van der Waals surface area contributed by atoms with Crippen molar-refractivity contribution in [2.75, 3.05) is 12.3 Å². The van der Waals surface area contributed by atoms with Gasteiger partial charge in [0.1, 0.15) is 6.04 Å². The number of hydrogen-bond donors (Lipinski definition) is 1. The van der Waals surface area contributed by atoms with Gasteiger partial charge in [0, 0.05) is 41.9 Å². The number of nitrogens with zero attached hydrogens (tertiary/aromatic N) is 1.